The van der Waals surface area contributed by atoms with Crippen LogP contribution in [0.5, 0.6) is 0 Å². The van der Waals surface area contributed by atoms with Gasteiger partial charge < -0.3 is 10.6 Å². The number of alkyl halides is 3. The number of aryl methyl sites for hydroxylation is 1. The number of hydrogen-bond donors (Lipinski definition) is 2. The number of nitrogens with one attached hydrogen (secondary N) is 2. The molecule has 182 valence electrons. The van der Waals surface area contributed by atoms with Gasteiger partial charge in [0.1, 0.15) is 5.82 Å². The molecular weight excluding hydrogens is 473 g/mol. The van der Waals surface area contributed by atoms with Crippen LogP contribution in [0.4, 0.5) is 24.7 Å². The first-order chi connectivity index (χ1) is 16.7. The van der Waals surface area contributed by atoms with Gasteiger partial charge in [-0.15, -0.1) is 0 Å². The number of pyridine rings is 1. The van der Waals surface area contributed by atoms with Crippen molar-refractivity contribution in [3.05, 3.63) is 71.4 Å². The molecule has 2 aromatic carbocycles. The van der Waals surface area contributed by atoms with E-state index in [2.05, 4.69) is 51.1 Å². The molecule has 0 radical (unpaired) electrons. The number of hydrogen-bond acceptors (Lipinski definition) is 5. The highest BCUT2D eigenvalue weighted by Crippen LogP contribution is 2.34. The molecule has 0 bridgehead atoms. The number of nitrogens with zero attached hydrogens (tertiary/aromatic N) is 2. The van der Waals surface area contributed by atoms with Crippen molar-refractivity contribution < 1.29 is 18.0 Å². The van der Waals surface area contributed by atoms with Gasteiger partial charge in [0.05, 0.1) is 12.0 Å². The van der Waals surface area contributed by atoms with Crippen LogP contribution in [0.15, 0.2) is 59.6 Å². The number of piperidine rings is 1. The molecule has 1 aromatic heterocycles. The summed E-state index contributed by atoms with van der Waals surface area (Å²) in [5, 5.41) is 6.13. The number of aromatic nitrogens is 1. The van der Waals surface area contributed by atoms with E-state index >= 15 is 0 Å². The first kappa shape index (κ1) is 23.7. The predicted molar refractivity (Wildman–Crippen MR) is 132 cm³/mol. The summed E-state index contributed by atoms with van der Waals surface area (Å²) in [5.41, 5.74) is 4.64. The minimum absolute atomic E-state index is 0.0372. The van der Waals surface area contributed by atoms with Crippen molar-refractivity contribution >= 4 is 29.4 Å². The molecule has 1 amide bonds. The maximum atomic E-state index is 12.7. The van der Waals surface area contributed by atoms with Gasteiger partial charge in [-0.3, -0.25) is 4.79 Å². The van der Waals surface area contributed by atoms with Gasteiger partial charge in [0.25, 0.3) is 0 Å². The second-order valence-corrected chi connectivity index (χ2v) is 10.1. The van der Waals surface area contributed by atoms with Crippen LogP contribution >= 0.6 is 11.9 Å². The highest BCUT2D eigenvalue weighted by molar-refractivity contribution is 7.97. The van der Waals surface area contributed by atoms with Gasteiger partial charge in [-0.25, -0.2) is 9.29 Å². The monoisotopic (exact) mass is 498 g/mol. The molecule has 1 fully saturated rings. The van der Waals surface area contributed by atoms with E-state index < -0.39 is 11.7 Å². The first-order valence-electron chi connectivity index (χ1n) is 11.5. The molecule has 35 heavy (non-hydrogen) atoms. The molecular formula is C26H25F3N4OS. The van der Waals surface area contributed by atoms with Crippen LogP contribution in [0, 0.1) is 6.92 Å². The van der Waals surface area contributed by atoms with Crippen molar-refractivity contribution in [2.24, 2.45) is 0 Å². The molecule has 9 heteroatoms. The lowest BCUT2D eigenvalue weighted by Crippen LogP contribution is -2.35. The average Bonchev–Trinajstić information content (AvgIpc) is 3.19. The normalized spacial score (nSPS) is 16.7. The lowest BCUT2D eigenvalue weighted by Gasteiger charge is -2.31. The molecule has 0 unspecified atom stereocenters. The largest absolute Gasteiger partial charge is 0.417 e. The molecule has 0 spiro atoms. The van der Waals surface area contributed by atoms with E-state index in [4.69, 9.17) is 0 Å². The van der Waals surface area contributed by atoms with Crippen LogP contribution in [0.3, 0.4) is 0 Å². The Morgan fingerprint density at radius 3 is 2.57 bits per heavy atom. The van der Waals surface area contributed by atoms with Crippen LogP contribution in [-0.2, 0) is 17.4 Å². The van der Waals surface area contributed by atoms with Crippen molar-refractivity contribution in [3.8, 4) is 11.1 Å². The molecule has 3 aromatic rings. The van der Waals surface area contributed by atoms with Crippen LogP contribution in [-0.4, -0.2) is 34.3 Å². The number of rotatable bonds is 5. The fraction of sp³-hybridized carbons (Fsp3) is 0.308. The zero-order chi connectivity index (χ0) is 24.6. The zero-order valence-corrected chi connectivity index (χ0v) is 20.0. The maximum absolute atomic E-state index is 12.7. The lowest BCUT2D eigenvalue weighted by molar-refractivity contribution is -0.137. The lowest BCUT2D eigenvalue weighted by atomic mass is 9.98. The molecule has 0 atom stereocenters. The quantitative estimate of drug-likeness (QED) is 0.413. The van der Waals surface area contributed by atoms with Gasteiger partial charge in [0.15, 0.2) is 0 Å². The Bertz CT molecular complexity index is 1240. The highest BCUT2D eigenvalue weighted by Gasteiger charge is 2.31. The second kappa shape index (κ2) is 9.54. The molecule has 1 saturated heterocycles. The van der Waals surface area contributed by atoms with Crippen molar-refractivity contribution in [3.63, 3.8) is 0 Å². The molecule has 5 nitrogen and oxygen atoms in total. The summed E-state index contributed by atoms with van der Waals surface area (Å²) in [7, 11) is 0. The number of halogens is 3. The summed E-state index contributed by atoms with van der Waals surface area (Å²) in [4.78, 5) is 16.7. The van der Waals surface area contributed by atoms with E-state index in [1.807, 2.05) is 12.1 Å². The third-order valence-corrected chi connectivity index (χ3v) is 7.46. The van der Waals surface area contributed by atoms with E-state index in [0.29, 0.717) is 12.2 Å². The molecule has 2 aliphatic heterocycles. The van der Waals surface area contributed by atoms with Gasteiger partial charge in [-0.05, 0) is 90.4 Å². The summed E-state index contributed by atoms with van der Waals surface area (Å²) in [5.74, 6) is 0.511. The fourth-order valence-electron chi connectivity index (χ4n) is 4.51. The number of carbonyl (C=O) groups excluding carboxylic acids is 1. The summed E-state index contributed by atoms with van der Waals surface area (Å²) >= 11 is 1.73. The Hall–Kier alpha value is -3.04. The molecule has 5 rings (SSSR count). The highest BCUT2D eigenvalue weighted by atomic mass is 32.2. The van der Waals surface area contributed by atoms with Crippen LogP contribution in [0.25, 0.3) is 11.1 Å². The number of carbonyl (C=O) groups is 1. The van der Waals surface area contributed by atoms with Crippen molar-refractivity contribution in [1.82, 2.24) is 9.29 Å². The van der Waals surface area contributed by atoms with Crippen LogP contribution in [0.2, 0.25) is 0 Å². The van der Waals surface area contributed by atoms with E-state index in [-0.39, 0.29) is 11.9 Å². The molecule has 0 aliphatic carbocycles. The standard InChI is InChI=1S/C26H25F3N4OS/c1-16-12-21(4-5-22(16)17-2-6-23-18(13-17)14-25(34)32-23)35-33-10-8-20(9-11-33)31-24-7-3-19(15-30-24)26(27,28)29/h2-7,12-13,15,20H,8-11,14H2,1H3,(H,30,31)(H,32,34). The van der Waals surface area contributed by atoms with Crippen molar-refractivity contribution in [2.75, 3.05) is 23.7 Å². The van der Waals surface area contributed by atoms with Gasteiger partial charge in [-0.2, -0.15) is 13.2 Å². The number of fused-ring (bicyclic) bond motifs is 1. The predicted octanol–water partition coefficient (Wildman–Crippen LogP) is 6.15. The smallest absolute Gasteiger partial charge is 0.367 e. The first-order valence-corrected chi connectivity index (χ1v) is 12.3. The molecule has 2 N–H and O–H groups in total. The number of amides is 1. The second-order valence-electron chi connectivity index (χ2n) is 8.94. The van der Waals surface area contributed by atoms with Gasteiger partial charge >= 0.3 is 6.18 Å². The minimum Gasteiger partial charge on any atom is -0.367 e. The van der Waals surface area contributed by atoms with Crippen molar-refractivity contribution in [1.29, 1.82) is 0 Å². The van der Waals surface area contributed by atoms with E-state index in [0.717, 1.165) is 60.6 Å². The molecule has 2 aliphatic rings. The summed E-state index contributed by atoms with van der Waals surface area (Å²) < 4.78 is 40.5. The summed E-state index contributed by atoms with van der Waals surface area (Å²) in [6, 6.07) is 15.2. The Kier molecular flexibility index (Phi) is 6.46. The van der Waals surface area contributed by atoms with Crippen molar-refractivity contribution in [2.45, 2.75) is 43.3 Å². The Morgan fingerprint density at radius 1 is 1.09 bits per heavy atom. The average molecular weight is 499 g/mol. The zero-order valence-electron chi connectivity index (χ0n) is 19.2. The van der Waals surface area contributed by atoms with Gasteiger partial charge in [-0.1, -0.05) is 12.1 Å². The number of benzene rings is 2. The summed E-state index contributed by atoms with van der Waals surface area (Å²) in [6.07, 6.45) is -1.30. The molecule has 0 saturated carbocycles. The third kappa shape index (κ3) is 5.46. The minimum atomic E-state index is -4.37. The fourth-order valence-corrected chi connectivity index (χ4v) is 5.56. The Labute approximate surface area is 206 Å². The Morgan fingerprint density at radius 2 is 1.89 bits per heavy atom. The Balaban J connectivity index is 1.16. The SMILES string of the molecule is Cc1cc(SN2CCC(Nc3ccc(C(F)(F)F)cn3)CC2)ccc1-c1ccc2c(c1)CC(=O)N2. The number of anilines is 2. The topological polar surface area (TPSA) is 57.3 Å². The van der Waals surface area contributed by atoms with Gasteiger partial charge in [0.2, 0.25) is 5.91 Å². The van der Waals surface area contributed by atoms with E-state index in [1.165, 1.54) is 16.5 Å². The van der Waals surface area contributed by atoms with Crippen LogP contribution in [0.1, 0.15) is 29.5 Å². The molecule has 3 heterocycles. The van der Waals surface area contributed by atoms with Gasteiger partial charge in [0, 0.05) is 35.9 Å². The van der Waals surface area contributed by atoms with E-state index in [1.54, 1.807) is 11.9 Å². The third-order valence-electron chi connectivity index (χ3n) is 6.37. The maximum Gasteiger partial charge on any atom is 0.417 e. The summed E-state index contributed by atoms with van der Waals surface area (Å²) in [6.45, 7) is 3.84. The van der Waals surface area contributed by atoms with Crippen LogP contribution < -0.4 is 10.6 Å². The van der Waals surface area contributed by atoms with E-state index in [9.17, 15) is 18.0 Å².